The van der Waals surface area contributed by atoms with Crippen molar-refractivity contribution < 1.29 is 0 Å². The lowest BCUT2D eigenvalue weighted by molar-refractivity contribution is 1.34. The molecule has 0 bridgehead atoms. The zero-order chi connectivity index (χ0) is 11.8. The molecular weight excluding hydrogens is 212 g/mol. The van der Waals surface area contributed by atoms with Gasteiger partial charge in [0.2, 0.25) is 0 Å². The highest BCUT2D eigenvalue weighted by atomic mass is 14.9. The molecule has 0 saturated carbocycles. The number of imidazole rings is 1. The van der Waals surface area contributed by atoms with Gasteiger partial charge in [-0.05, 0) is 24.3 Å². The molecule has 2 aromatic carbocycles. The third-order valence-corrected chi connectivity index (χ3v) is 2.71. The van der Waals surface area contributed by atoms with E-state index in [1.54, 1.807) is 0 Å². The number of para-hydroxylation sites is 1. The average molecular weight is 224 g/mol. The van der Waals surface area contributed by atoms with Crippen LogP contribution in [0.5, 0.6) is 0 Å². The number of fused-ring (bicyclic) bond motifs is 1. The van der Waals surface area contributed by atoms with Crippen LogP contribution in [0.2, 0.25) is 0 Å². The van der Waals surface area contributed by atoms with E-state index in [1.165, 1.54) is 0 Å². The highest BCUT2D eigenvalue weighted by molar-refractivity contribution is 5.89. The summed E-state index contributed by atoms with van der Waals surface area (Å²) in [5.74, 6) is 0.783. The number of aromatic amines is 1. The van der Waals surface area contributed by atoms with Gasteiger partial charge in [-0.2, -0.15) is 0 Å². The summed E-state index contributed by atoms with van der Waals surface area (Å²) >= 11 is 0. The Kier molecular flexibility index (Phi) is 2.01. The van der Waals surface area contributed by atoms with E-state index in [4.69, 9.17) is 11.5 Å². The Hall–Kier alpha value is -2.49. The predicted octanol–water partition coefficient (Wildman–Crippen LogP) is 2.39. The number of nitrogens with zero attached hydrogens (tertiary/aromatic N) is 1. The van der Waals surface area contributed by atoms with Crippen LogP contribution in [0.25, 0.3) is 22.4 Å². The van der Waals surface area contributed by atoms with Gasteiger partial charge in [0.05, 0.1) is 16.7 Å². The van der Waals surface area contributed by atoms with Crippen molar-refractivity contribution in [3.63, 3.8) is 0 Å². The molecule has 0 aliphatic carbocycles. The lowest BCUT2D eigenvalue weighted by atomic mass is 10.2. The minimum Gasteiger partial charge on any atom is -0.399 e. The van der Waals surface area contributed by atoms with Gasteiger partial charge in [-0.25, -0.2) is 4.98 Å². The van der Waals surface area contributed by atoms with Crippen molar-refractivity contribution in [2.24, 2.45) is 0 Å². The van der Waals surface area contributed by atoms with Crippen LogP contribution in [0.4, 0.5) is 11.4 Å². The number of H-pyrrole nitrogens is 1. The van der Waals surface area contributed by atoms with Crippen LogP contribution in [-0.2, 0) is 0 Å². The van der Waals surface area contributed by atoms with Crippen LogP contribution < -0.4 is 11.5 Å². The highest BCUT2D eigenvalue weighted by Crippen LogP contribution is 2.24. The first kappa shape index (κ1) is 9.72. The molecule has 4 nitrogen and oxygen atoms in total. The summed E-state index contributed by atoms with van der Waals surface area (Å²) in [6.45, 7) is 0. The summed E-state index contributed by atoms with van der Waals surface area (Å²) in [5.41, 5.74) is 15.7. The first-order chi connectivity index (χ1) is 8.24. The quantitative estimate of drug-likeness (QED) is 0.555. The Balaban J connectivity index is 2.22. The molecule has 0 aliphatic heterocycles. The summed E-state index contributed by atoms with van der Waals surface area (Å²) in [6.07, 6.45) is 0. The fourth-order valence-corrected chi connectivity index (χ4v) is 1.88. The fourth-order valence-electron chi connectivity index (χ4n) is 1.88. The third-order valence-electron chi connectivity index (χ3n) is 2.71. The Morgan fingerprint density at radius 3 is 2.59 bits per heavy atom. The van der Waals surface area contributed by atoms with E-state index < -0.39 is 0 Å². The molecule has 0 fully saturated rings. The van der Waals surface area contributed by atoms with E-state index in [-0.39, 0.29) is 0 Å². The molecule has 84 valence electrons. The van der Waals surface area contributed by atoms with E-state index in [1.807, 2.05) is 42.5 Å². The predicted molar refractivity (Wildman–Crippen MR) is 70.4 cm³/mol. The number of nitrogens with one attached hydrogen (secondary N) is 1. The Morgan fingerprint density at radius 1 is 1.00 bits per heavy atom. The molecule has 4 heteroatoms. The van der Waals surface area contributed by atoms with Crippen LogP contribution in [0, 0.1) is 0 Å². The normalized spacial score (nSPS) is 10.8. The Labute approximate surface area is 98.3 Å². The summed E-state index contributed by atoms with van der Waals surface area (Å²) in [4.78, 5) is 7.71. The zero-order valence-corrected chi connectivity index (χ0v) is 9.14. The molecular formula is C13H12N4. The first-order valence-electron chi connectivity index (χ1n) is 5.34. The standard InChI is InChI=1S/C13H12N4/c14-9-4-1-3-8(7-9)13-16-11-6-2-5-10(15)12(11)17-13/h1-7H,14-15H2,(H,16,17). The van der Waals surface area contributed by atoms with Gasteiger partial charge in [-0.15, -0.1) is 0 Å². The van der Waals surface area contributed by atoms with Crippen molar-refractivity contribution in [2.75, 3.05) is 11.5 Å². The molecule has 3 aromatic rings. The van der Waals surface area contributed by atoms with Crippen molar-refractivity contribution in [1.29, 1.82) is 0 Å². The van der Waals surface area contributed by atoms with Gasteiger partial charge in [0, 0.05) is 11.3 Å². The summed E-state index contributed by atoms with van der Waals surface area (Å²) in [6, 6.07) is 13.3. The number of hydrogen-bond acceptors (Lipinski definition) is 3. The molecule has 1 aromatic heterocycles. The largest absolute Gasteiger partial charge is 0.399 e. The van der Waals surface area contributed by atoms with Gasteiger partial charge in [0.25, 0.3) is 0 Å². The zero-order valence-electron chi connectivity index (χ0n) is 9.14. The molecule has 0 atom stereocenters. The molecule has 0 unspecified atom stereocenters. The van der Waals surface area contributed by atoms with Crippen molar-refractivity contribution in [1.82, 2.24) is 9.97 Å². The summed E-state index contributed by atoms with van der Waals surface area (Å²) in [7, 11) is 0. The lowest BCUT2D eigenvalue weighted by Crippen LogP contribution is -1.86. The van der Waals surface area contributed by atoms with Gasteiger partial charge in [0.15, 0.2) is 0 Å². The molecule has 1 heterocycles. The number of anilines is 2. The maximum absolute atomic E-state index is 5.88. The summed E-state index contributed by atoms with van der Waals surface area (Å²) < 4.78 is 0. The van der Waals surface area contributed by atoms with Gasteiger partial charge in [0.1, 0.15) is 5.82 Å². The van der Waals surface area contributed by atoms with Crippen LogP contribution >= 0.6 is 0 Å². The maximum Gasteiger partial charge on any atom is 0.138 e. The van der Waals surface area contributed by atoms with Crippen molar-refractivity contribution in [3.05, 3.63) is 42.5 Å². The second-order valence-corrected chi connectivity index (χ2v) is 3.95. The van der Waals surface area contributed by atoms with Crippen molar-refractivity contribution in [2.45, 2.75) is 0 Å². The minimum absolute atomic E-state index is 0.699. The van der Waals surface area contributed by atoms with Gasteiger partial charge < -0.3 is 16.5 Å². The van der Waals surface area contributed by atoms with Crippen LogP contribution in [0.1, 0.15) is 0 Å². The minimum atomic E-state index is 0.699. The maximum atomic E-state index is 5.88. The van der Waals surface area contributed by atoms with Crippen LogP contribution in [0.15, 0.2) is 42.5 Å². The Morgan fingerprint density at radius 2 is 1.82 bits per heavy atom. The van der Waals surface area contributed by atoms with Crippen LogP contribution in [-0.4, -0.2) is 9.97 Å². The second-order valence-electron chi connectivity index (χ2n) is 3.95. The van der Waals surface area contributed by atoms with Crippen LogP contribution in [0.3, 0.4) is 0 Å². The monoisotopic (exact) mass is 224 g/mol. The molecule has 3 rings (SSSR count). The van der Waals surface area contributed by atoms with E-state index in [9.17, 15) is 0 Å². The SMILES string of the molecule is Nc1cccc(-c2nc3cccc(N)c3[nH]2)c1. The number of nitrogen functional groups attached to an aromatic ring is 2. The lowest BCUT2D eigenvalue weighted by Gasteiger charge is -1.97. The Bertz CT molecular complexity index is 685. The number of aromatic nitrogens is 2. The van der Waals surface area contributed by atoms with E-state index in [0.717, 1.165) is 28.1 Å². The first-order valence-corrected chi connectivity index (χ1v) is 5.34. The fraction of sp³-hybridized carbons (Fsp3) is 0. The topological polar surface area (TPSA) is 80.7 Å². The smallest absolute Gasteiger partial charge is 0.138 e. The number of hydrogen-bond donors (Lipinski definition) is 3. The third kappa shape index (κ3) is 1.59. The summed E-state index contributed by atoms with van der Waals surface area (Å²) in [5, 5.41) is 0. The van der Waals surface area contributed by atoms with E-state index in [0.29, 0.717) is 5.69 Å². The average Bonchev–Trinajstić information content (AvgIpc) is 2.74. The number of benzene rings is 2. The molecule has 0 spiro atoms. The highest BCUT2D eigenvalue weighted by Gasteiger charge is 2.06. The molecule has 0 radical (unpaired) electrons. The van der Waals surface area contributed by atoms with Crippen molar-refractivity contribution >= 4 is 22.4 Å². The molecule has 0 saturated heterocycles. The molecule has 17 heavy (non-hydrogen) atoms. The van der Waals surface area contributed by atoms with Gasteiger partial charge >= 0.3 is 0 Å². The molecule has 0 aliphatic rings. The number of rotatable bonds is 1. The molecule has 5 N–H and O–H groups in total. The van der Waals surface area contributed by atoms with E-state index >= 15 is 0 Å². The molecule has 0 amide bonds. The van der Waals surface area contributed by atoms with Gasteiger partial charge in [-0.1, -0.05) is 18.2 Å². The van der Waals surface area contributed by atoms with E-state index in [2.05, 4.69) is 9.97 Å². The van der Waals surface area contributed by atoms with Gasteiger partial charge in [-0.3, -0.25) is 0 Å². The van der Waals surface area contributed by atoms with Crippen molar-refractivity contribution in [3.8, 4) is 11.4 Å². The number of nitrogens with two attached hydrogens (primary N) is 2. The second kappa shape index (κ2) is 3.52.